The number of hydrogen-bond donors (Lipinski definition) is 1. The van der Waals surface area contributed by atoms with Crippen LogP contribution in [0.15, 0.2) is 0 Å². The van der Waals surface area contributed by atoms with Crippen molar-refractivity contribution in [1.82, 2.24) is 20.0 Å². The van der Waals surface area contributed by atoms with E-state index in [2.05, 4.69) is 22.0 Å². The van der Waals surface area contributed by atoms with Crippen molar-refractivity contribution >= 4 is 11.8 Å². The van der Waals surface area contributed by atoms with Gasteiger partial charge in [0.05, 0.1) is 5.69 Å². The van der Waals surface area contributed by atoms with E-state index in [-0.39, 0.29) is 11.8 Å². The van der Waals surface area contributed by atoms with Crippen molar-refractivity contribution in [2.24, 2.45) is 23.7 Å². The second-order valence-corrected chi connectivity index (χ2v) is 10.2. The smallest absolute Gasteiger partial charge is 0.226 e. The Bertz CT molecular complexity index is 795. The van der Waals surface area contributed by atoms with E-state index in [1.165, 1.54) is 24.1 Å². The Morgan fingerprint density at radius 3 is 2.67 bits per heavy atom. The van der Waals surface area contributed by atoms with Crippen LogP contribution < -0.4 is 0 Å². The molecular formula is C24H36N4O2. The number of nitrogens with one attached hydrogen (secondary N) is 1. The van der Waals surface area contributed by atoms with Gasteiger partial charge in [-0.25, -0.2) is 0 Å². The molecule has 1 N–H and O–H groups in total. The Morgan fingerprint density at radius 1 is 1.07 bits per heavy atom. The molecule has 0 bridgehead atoms. The van der Waals surface area contributed by atoms with Gasteiger partial charge < -0.3 is 9.80 Å². The van der Waals surface area contributed by atoms with Crippen molar-refractivity contribution < 1.29 is 9.59 Å². The first-order chi connectivity index (χ1) is 14.6. The van der Waals surface area contributed by atoms with Crippen LogP contribution in [0, 0.1) is 23.7 Å². The number of amides is 2. The van der Waals surface area contributed by atoms with Gasteiger partial charge in [0.1, 0.15) is 0 Å². The summed E-state index contributed by atoms with van der Waals surface area (Å²) in [6.07, 6.45) is 10.3. The molecule has 6 heteroatoms. The lowest BCUT2D eigenvalue weighted by Gasteiger charge is -2.51. The molecule has 1 aromatic rings. The molecule has 3 atom stereocenters. The molecule has 5 rings (SSSR count). The summed E-state index contributed by atoms with van der Waals surface area (Å²) in [4.78, 5) is 30.1. The molecule has 30 heavy (non-hydrogen) atoms. The van der Waals surface area contributed by atoms with Crippen LogP contribution in [0.4, 0.5) is 0 Å². The van der Waals surface area contributed by atoms with Gasteiger partial charge in [-0.05, 0) is 74.7 Å². The molecule has 4 aliphatic rings. The summed E-state index contributed by atoms with van der Waals surface area (Å²) in [5.74, 6) is 2.52. The Morgan fingerprint density at radius 2 is 1.83 bits per heavy atom. The minimum atomic E-state index is 0.150. The summed E-state index contributed by atoms with van der Waals surface area (Å²) in [5, 5.41) is 7.69. The molecule has 2 saturated heterocycles. The number of hydrogen-bond acceptors (Lipinski definition) is 3. The Kier molecular flexibility index (Phi) is 5.59. The summed E-state index contributed by atoms with van der Waals surface area (Å²) < 4.78 is 0. The summed E-state index contributed by atoms with van der Waals surface area (Å²) in [6.45, 7) is 5.77. The predicted molar refractivity (Wildman–Crippen MR) is 115 cm³/mol. The molecule has 0 spiro atoms. The number of rotatable bonds is 4. The van der Waals surface area contributed by atoms with Crippen LogP contribution >= 0.6 is 0 Å². The zero-order valence-electron chi connectivity index (χ0n) is 18.4. The van der Waals surface area contributed by atoms with E-state index in [1.54, 1.807) is 0 Å². The molecule has 2 aliphatic carbocycles. The van der Waals surface area contributed by atoms with Crippen molar-refractivity contribution in [2.45, 2.75) is 71.1 Å². The highest BCUT2D eigenvalue weighted by atomic mass is 16.2. The minimum absolute atomic E-state index is 0.150. The van der Waals surface area contributed by atoms with Crippen molar-refractivity contribution in [3.05, 3.63) is 17.0 Å². The average Bonchev–Trinajstić information content (AvgIpc) is 3.16. The summed E-state index contributed by atoms with van der Waals surface area (Å²) in [7, 11) is 0. The standard InChI is InChI=1S/C24H36N4O2/c1-16-8-11-27(12-9-16)24(30)19-14-17-10-13-28(15-20(17)19)23(29)7-6-22-18-4-2-3-5-21(18)25-26-22/h16-17,19-20H,2-15H2,1H3,(H,25,26)/t17-,19-,20-/m1/s1. The monoisotopic (exact) mass is 412 g/mol. The lowest BCUT2D eigenvalue weighted by molar-refractivity contribution is -0.153. The zero-order chi connectivity index (χ0) is 20.7. The van der Waals surface area contributed by atoms with Crippen LogP contribution in [0.3, 0.4) is 0 Å². The Labute approximate surface area is 179 Å². The molecule has 0 radical (unpaired) electrons. The SMILES string of the molecule is CC1CCN(C(=O)[C@@H]2C[C@H]3CCN(C(=O)CCc4n[nH]c5c4CCCC5)C[C@H]32)CC1. The lowest BCUT2D eigenvalue weighted by atomic mass is 9.61. The molecule has 164 valence electrons. The molecule has 2 aliphatic heterocycles. The average molecular weight is 413 g/mol. The van der Waals surface area contributed by atoms with Crippen molar-refractivity contribution in [1.29, 1.82) is 0 Å². The third-order valence-electron chi connectivity index (χ3n) is 8.36. The van der Waals surface area contributed by atoms with Gasteiger partial charge in [-0.1, -0.05) is 6.92 Å². The molecule has 3 fully saturated rings. The van der Waals surface area contributed by atoms with Crippen LogP contribution in [0.5, 0.6) is 0 Å². The summed E-state index contributed by atoms with van der Waals surface area (Å²) in [6, 6.07) is 0. The first kappa shape index (κ1) is 20.1. The number of H-pyrrole nitrogens is 1. The van der Waals surface area contributed by atoms with Crippen LogP contribution in [0.2, 0.25) is 0 Å². The third kappa shape index (κ3) is 3.78. The number of aryl methyl sites for hydroxylation is 2. The van der Waals surface area contributed by atoms with Crippen LogP contribution in [0.25, 0.3) is 0 Å². The molecule has 0 aromatic carbocycles. The zero-order valence-corrected chi connectivity index (χ0v) is 18.4. The highest BCUT2D eigenvalue weighted by Crippen LogP contribution is 2.46. The number of carbonyl (C=O) groups is 2. The fourth-order valence-electron chi connectivity index (χ4n) is 6.20. The van der Waals surface area contributed by atoms with Gasteiger partial charge in [0.2, 0.25) is 11.8 Å². The van der Waals surface area contributed by atoms with E-state index in [0.29, 0.717) is 24.2 Å². The normalized spacial score (nSPS) is 29.2. The maximum absolute atomic E-state index is 13.0. The van der Waals surface area contributed by atoms with Gasteiger partial charge in [-0.2, -0.15) is 5.10 Å². The van der Waals surface area contributed by atoms with E-state index in [1.807, 2.05) is 4.90 Å². The second-order valence-electron chi connectivity index (χ2n) is 10.2. The topological polar surface area (TPSA) is 69.3 Å². The maximum atomic E-state index is 13.0. The molecule has 6 nitrogen and oxygen atoms in total. The number of aromatic amines is 1. The summed E-state index contributed by atoms with van der Waals surface area (Å²) in [5.41, 5.74) is 3.75. The number of fused-ring (bicyclic) bond motifs is 2. The van der Waals surface area contributed by atoms with Crippen molar-refractivity contribution in [3.63, 3.8) is 0 Å². The van der Waals surface area contributed by atoms with E-state index >= 15 is 0 Å². The van der Waals surface area contributed by atoms with E-state index < -0.39 is 0 Å². The number of carbonyl (C=O) groups excluding carboxylic acids is 2. The fourth-order valence-corrected chi connectivity index (χ4v) is 6.20. The molecular weight excluding hydrogens is 376 g/mol. The number of nitrogens with zero attached hydrogens (tertiary/aromatic N) is 3. The van der Waals surface area contributed by atoms with Crippen LogP contribution in [0.1, 0.15) is 68.8 Å². The molecule has 0 unspecified atom stereocenters. The molecule has 2 amide bonds. The van der Waals surface area contributed by atoms with E-state index in [0.717, 1.165) is 82.7 Å². The Hall–Kier alpha value is -1.85. The fraction of sp³-hybridized carbons (Fsp3) is 0.792. The van der Waals surface area contributed by atoms with Gasteiger partial charge in [0.25, 0.3) is 0 Å². The lowest BCUT2D eigenvalue weighted by Crippen LogP contribution is -2.57. The first-order valence-electron chi connectivity index (χ1n) is 12.2. The predicted octanol–water partition coefficient (Wildman–Crippen LogP) is 2.96. The van der Waals surface area contributed by atoms with Crippen molar-refractivity contribution in [3.8, 4) is 0 Å². The van der Waals surface area contributed by atoms with Crippen molar-refractivity contribution in [2.75, 3.05) is 26.2 Å². The Balaban J connectivity index is 1.14. The van der Waals surface area contributed by atoms with Crippen LogP contribution in [-0.4, -0.2) is 58.0 Å². The molecule has 1 saturated carbocycles. The molecule has 1 aromatic heterocycles. The van der Waals surface area contributed by atoms with Gasteiger partial charge in [0, 0.05) is 50.6 Å². The quantitative estimate of drug-likeness (QED) is 0.827. The molecule has 3 heterocycles. The first-order valence-corrected chi connectivity index (χ1v) is 12.2. The van der Waals surface area contributed by atoms with Gasteiger partial charge in [0.15, 0.2) is 0 Å². The highest BCUT2D eigenvalue weighted by molar-refractivity contribution is 5.81. The van der Waals surface area contributed by atoms with E-state index in [9.17, 15) is 9.59 Å². The number of piperidine rings is 2. The van der Waals surface area contributed by atoms with Gasteiger partial charge in [-0.3, -0.25) is 14.7 Å². The summed E-state index contributed by atoms with van der Waals surface area (Å²) >= 11 is 0. The number of aromatic nitrogens is 2. The van der Waals surface area contributed by atoms with E-state index in [4.69, 9.17) is 0 Å². The second kappa shape index (κ2) is 8.35. The third-order valence-corrected chi connectivity index (χ3v) is 8.36. The highest BCUT2D eigenvalue weighted by Gasteiger charge is 2.49. The largest absolute Gasteiger partial charge is 0.342 e. The minimum Gasteiger partial charge on any atom is -0.342 e. The maximum Gasteiger partial charge on any atom is 0.226 e. The number of likely N-dealkylation sites (tertiary alicyclic amines) is 2. The van der Waals surface area contributed by atoms with Gasteiger partial charge >= 0.3 is 0 Å². The van der Waals surface area contributed by atoms with Gasteiger partial charge in [-0.15, -0.1) is 0 Å². The van der Waals surface area contributed by atoms with Crippen LogP contribution in [-0.2, 0) is 28.9 Å².